The quantitative estimate of drug-likeness (QED) is 0.685. The van der Waals surface area contributed by atoms with Crippen molar-refractivity contribution in [3.63, 3.8) is 0 Å². The Morgan fingerprint density at radius 1 is 1.05 bits per heavy atom. The second-order valence-electron chi connectivity index (χ2n) is 5.49. The molecule has 0 radical (unpaired) electrons. The van der Waals surface area contributed by atoms with Crippen molar-refractivity contribution >= 4 is 0 Å². The molecule has 98 valence electrons. The van der Waals surface area contributed by atoms with Crippen LogP contribution in [0.4, 0.5) is 0 Å². The zero-order valence-corrected chi connectivity index (χ0v) is 11.0. The normalized spacial score (nSPS) is 22.9. The summed E-state index contributed by atoms with van der Waals surface area (Å²) in [4.78, 5) is 1.79. The number of rotatable bonds is 0. The van der Waals surface area contributed by atoms with Crippen molar-refractivity contribution in [1.29, 1.82) is 5.26 Å². The molecule has 0 saturated carbocycles. The number of nitriles is 1. The molecule has 4 rings (SSSR count). The van der Waals surface area contributed by atoms with E-state index < -0.39 is 5.60 Å². The lowest BCUT2D eigenvalue weighted by molar-refractivity contribution is 0.0466. The van der Waals surface area contributed by atoms with Crippen LogP contribution in [-0.4, -0.2) is 11.4 Å². The molecule has 2 aromatic rings. The van der Waals surface area contributed by atoms with Crippen molar-refractivity contribution in [3.05, 3.63) is 65.2 Å². The number of ether oxygens (including phenoxy) is 1. The van der Waals surface area contributed by atoms with Gasteiger partial charge in [0.05, 0.1) is 13.1 Å². The van der Waals surface area contributed by atoms with Crippen molar-refractivity contribution in [2.24, 2.45) is 0 Å². The first kappa shape index (κ1) is 11.4. The third kappa shape index (κ3) is 1.51. The molecule has 20 heavy (non-hydrogen) atoms. The van der Waals surface area contributed by atoms with Gasteiger partial charge in [0.15, 0.2) is 11.8 Å². The second kappa shape index (κ2) is 4.01. The minimum Gasteiger partial charge on any atom is -0.480 e. The topological polar surface area (TPSA) is 36.3 Å². The maximum Gasteiger partial charge on any atom is 0.179 e. The summed E-state index contributed by atoms with van der Waals surface area (Å²) in [7, 11) is 0. The Bertz CT molecular complexity index is 692. The summed E-state index contributed by atoms with van der Waals surface area (Å²) < 4.78 is 6.30. The molecule has 1 atom stereocenters. The van der Waals surface area contributed by atoms with Gasteiger partial charge in [0.1, 0.15) is 5.75 Å². The molecule has 0 N–H and O–H groups in total. The highest BCUT2D eigenvalue weighted by molar-refractivity contribution is 5.46. The number of para-hydroxylation sites is 1. The molecule has 0 aliphatic carbocycles. The maximum atomic E-state index is 9.30. The molecule has 2 heterocycles. The molecule has 2 aromatic carbocycles. The van der Waals surface area contributed by atoms with Gasteiger partial charge in [-0.1, -0.05) is 42.5 Å². The van der Waals surface area contributed by atoms with E-state index >= 15 is 0 Å². The summed E-state index contributed by atoms with van der Waals surface area (Å²) in [6, 6.07) is 16.5. The van der Waals surface area contributed by atoms with Crippen LogP contribution in [0.25, 0.3) is 0 Å². The lowest BCUT2D eigenvalue weighted by Crippen LogP contribution is -2.47. The fraction of sp³-hybridized carbons (Fsp3) is 0.235. The lowest BCUT2D eigenvalue weighted by Gasteiger charge is -2.39. The minimum absolute atomic E-state index is 0.408. The molecule has 0 saturated heterocycles. The van der Waals surface area contributed by atoms with Crippen LogP contribution in [0.15, 0.2) is 48.5 Å². The molecular weight excluding hydrogens is 248 g/mol. The van der Waals surface area contributed by atoms with Gasteiger partial charge in [-0.3, -0.25) is 0 Å². The molecule has 0 aromatic heterocycles. The first-order valence-corrected chi connectivity index (χ1v) is 6.81. The molecule has 2 aliphatic heterocycles. The zero-order chi connectivity index (χ0) is 13.6. The van der Waals surface area contributed by atoms with Crippen LogP contribution < -0.4 is 4.74 Å². The third-order valence-corrected chi connectivity index (χ3v) is 4.21. The van der Waals surface area contributed by atoms with Crippen LogP contribution >= 0.6 is 0 Å². The highest BCUT2D eigenvalue weighted by Gasteiger charge is 2.46. The summed E-state index contributed by atoms with van der Waals surface area (Å²) in [6.07, 6.45) is 3.11. The maximum absolute atomic E-state index is 9.30. The Labute approximate surface area is 118 Å². The van der Waals surface area contributed by atoms with Crippen molar-refractivity contribution in [2.45, 2.75) is 18.6 Å². The number of fused-ring (bicyclic) bond motifs is 3. The van der Waals surface area contributed by atoms with E-state index in [0.29, 0.717) is 13.1 Å². The molecule has 0 amide bonds. The van der Waals surface area contributed by atoms with Crippen molar-refractivity contribution in [2.75, 3.05) is 6.54 Å². The van der Waals surface area contributed by atoms with E-state index in [1.54, 1.807) is 4.90 Å². The predicted molar refractivity (Wildman–Crippen MR) is 74.9 cm³/mol. The van der Waals surface area contributed by atoms with Crippen LogP contribution in [0, 0.1) is 11.5 Å². The molecule has 1 unspecified atom stereocenters. The van der Waals surface area contributed by atoms with E-state index in [1.165, 1.54) is 16.7 Å². The van der Waals surface area contributed by atoms with E-state index in [4.69, 9.17) is 4.74 Å². The van der Waals surface area contributed by atoms with E-state index in [0.717, 1.165) is 12.2 Å². The molecule has 0 fully saturated rings. The number of nitrogens with zero attached hydrogens (tertiary/aromatic N) is 2. The SMILES string of the molecule is N#CN1Cc2ccccc2C2(Cc3ccccc3O2)C1. The molecule has 3 heteroatoms. The van der Waals surface area contributed by atoms with Gasteiger partial charge >= 0.3 is 0 Å². The Hall–Kier alpha value is -2.47. The fourth-order valence-corrected chi connectivity index (χ4v) is 3.37. The summed E-state index contributed by atoms with van der Waals surface area (Å²) in [5.74, 6) is 0.946. The third-order valence-electron chi connectivity index (χ3n) is 4.21. The summed E-state index contributed by atoms with van der Waals surface area (Å²) in [6.45, 7) is 1.29. The largest absolute Gasteiger partial charge is 0.480 e. The van der Waals surface area contributed by atoms with Gasteiger partial charge in [0, 0.05) is 12.0 Å². The van der Waals surface area contributed by atoms with E-state index in [2.05, 4.69) is 30.5 Å². The van der Waals surface area contributed by atoms with E-state index in [-0.39, 0.29) is 0 Å². The van der Waals surface area contributed by atoms with Gasteiger partial charge < -0.3 is 9.64 Å². The first-order valence-electron chi connectivity index (χ1n) is 6.81. The predicted octanol–water partition coefficient (Wildman–Crippen LogP) is 2.81. The zero-order valence-electron chi connectivity index (χ0n) is 11.0. The fourth-order valence-electron chi connectivity index (χ4n) is 3.37. The number of hydrogen-bond acceptors (Lipinski definition) is 3. The summed E-state index contributed by atoms with van der Waals surface area (Å²) in [5, 5.41) is 9.30. The van der Waals surface area contributed by atoms with Crippen molar-refractivity contribution in [1.82, 2.24) is 4.90 Å². The Balaban J connectivity index is 1.85. The average molecular weight is 262 g/mol. The van der Waals surface area contributed by atoms with Gasteiger partial charge in [0.25, 0.3) is 0 Å². The van der Waals surface area contributed by atoms with Crippen LogP contribution in [0.3, 0.4) is 0 Å². The summed E-state index contributed by atoms with van der Waals surface area (Å²) >= 11 is 0. The highest BCUT2D eigenvalue weighted by Crippen LogP contribution is 2.45. The van der Waals surface area contributed by atoms with E-state index in [9.17, 15) is 5.26 Å². The van der Waals surface area contributed by atoms with E-state index in [1.807, 2.05) is 24.3 Å². The van der Waals surface area contributed by atoms with Gasteiger partial charge in [-0.05, 0) is 17.2 Å². The molecular formula is C17H14N2O. The number of hydrogen-bond donors (Lipinski definition) is 0. The van der Waals surface area contributed by atoms with Crippen molar-refractivity contribution < 1.29 is 4.74 Å². The standard InChI is InChI=1S/C17H14N2O/c18-12-19-10-14-6-1-3-7-15(14)17(11-19)9-13-5-2-4-8-16(13)20-17/h1-8H,9-11H2. The minimum atomic E-state index is -0.408. The van der Waals surface area contributed by atoms with Gasteiger partial charge in [-0.25, -0.2) is 0 Å². The monoisotopic (exact) mass is 262 g/mol. The molecule has 2 aliphatic rings. The molecule has 1 spiro atoms. The smallest absolute Gasteiger partial charge is 0.179 e. The average Bonchev–Trinajstić information content (AvgIpc) is 2.85. The lowest BCUT2D eigenvalue weighted by atomic mass is 9.83. The van der Waals surface area contributed by atoms with Crippen LogP contribution in [-0.2, 0) is 18.6 Å². The Morgan fingerprint density at radius 3 is 2.60 bits per heavy atom. The van der Waals surface area contributed by atoms with Crippen LogP contribution in [0.5, 0.6) is 5.75 Å². The summed E-state index contributed by atoms with van der Waals surface area (Å²) in [5.41, 5.74) is 3.23. The van der Waals surface area contributed by atoms with Crippen LogP contribution in [0.2, 0.25) is 0 Å². The Kier molecular flexibility index (Phi) is 2.28. The van der Waals surface area contributed by atoms with Gasteiger partial charge in [0.2, 0.25) is 0 Å². The molecule has 0 bridgehead atoms. The first-order chi connectivity index (χ1) is 9.81. The number of benzene rings is 2. The Morgan fingerprint density at radius 2 is 1.80 bits per heavy atom. The van der Waals surface area contributed by atoms with Gasteiger partial charge in [-0.2, -0.15) is 5.26 Å². The van der Waals surface area contributed by atoms with Gasteiger partial charge in [-0.15, -0.1) is 0 Å². The highest BCUT2D eigenvalue weighted by atomic mass is 16.5. The second-order valence-corrected chi connectivity index (χ2v) is 5.49. The van der Waals surface area contributed by atoms with Crippen molar-refractivity contribution in [3.8, 4) is 11.9 Å². The molecule has 3 nitrogen and oxygen atoms in total. The van der Waals surface area contributed by atoms with Crippen LogP contribution in [0.1, 0.15) is 16.7 Å².